The van der Waals surface area contributed by atoms with Gasteiger partial charge < -0.3 is 15.4 Å². The molecule has 0 heterocycles. The van der Waals surface area contributed by atoms with Crippen molar-refractivity contribution in [3.05, 3.63) is 42.5 Å². The fraction of sp³-hybridized carbons (Fsp3) is 0.438. The summed E-state index contributed by atoms with van der Waals surface area (Å²) in [4.78, 5) is 4.14. The smallest absolute Gasteiger partial charge is 0.191 e. The summed E-state index contributed by atoms with van der Waals surface area (Å²) in [6, 6.07) is 8.13. The van der Waals surface area contributed by atoms with E-state index in [1.807, 2.05) is 12.1 Å². The molecule has 0 fully saturated rings. The van der Waals surface area contributed by atoms with Gasteiger partial charge in [-0.25, -0.2) is 0 Å². The van der Waals surface area contributed by atoms with Crippen LogP contribution in [0, 0.1) is 0 Å². The van der Waals surface area contributed by atoms with Crippen molar-refractivity contribution in [1.29, 1.82) is 0 Å². The van der Waals surface area contributed by atoms with Crippen molar-refractivity contribution in [1.82, 2.24) is 10.6 Å². The molecule has 0 bridgehead atoms. The third kappa shape index (κ3) is 6.27. The van der Waals surface area contributed by atoms with Crippen LogP contribution in [-0.2, 0) is 6.54 Å². The highest BCUT2D eigenvalue weighted by molar-refractivity contribution is 5.79. The number of nitrogens with zero attached hydrogens (tertiary/aromatic N) is 1. The first kappa shape index (κ1) is 16.1. The van der Waals surface area contributed by atoms with Crippen molar-refractivity contribution in [2.45, 2.75) is 26.3 Å². The highest BCUT2D eigenvalue weighted by Gasteiger charge is 1.99. The number of hydrogen-bond acceptors (Lipinski definition) is 2. The van der Waals surface area contributed by atoms with Crippen LogP contribution in [-0.4, -0.2) is 26.2 Å². The van der Waals surface area contributed by atoms with Gasteiger partial charge in [-0.3, -0.25) is 4.99 Å². The lowest BCUT2D eigenvalue weighted by molar-refractivity contribution is 0.309. The molecule has 4 heteroatoms. The normalized spacial score (nSPS) is 11.0. The molecular weight excluding hydrogens is 250 g/mol. The summed E-state index contributed by atoms with van der Waals surface area (Å²) in [6.07, 6.45) is 4.03. The fourth-order valence-corrected chi connectivity index (χ4v) is 1.65. The molecule has 1 aromatic rings. The molecule has 1 rings (SSSR count). The average Bonchev–Trinajstić information content (AvgIpc) is 2.48. The molecule has 0 aromatic heterocycles. The summed E-state index contributed by atoms with van der Waals surface area (Å²) >= 11 is 0. The fourth-order valence-electron chi connectivity index (χ4n) is 1.65. The molecule has 20 heavy (non-hydrogen) atoms. The molecule has 0 aliphatic heterocycles. The number of nitrogens with one attached hydrogen (secondary N) is 2. The summed E-state index contributed by atoms with van der Waals surface area (Å²) in [5, 5.41) is 6.39. The lowest BCUT2D eigenvalue weighted by atomic mass is 10.2. The van der Waals surface area contributed by atoms with E-state index in [9.17, 15) is 0 Å². The lowest BCUT2D eigenvalue weighted by Crippen LogP contribution is -2.36. The Morgan fingerprint density at radius 1 is 1.40 bits per heavy atom. The predicted molar refractivity (Wildman–Crippen MR) is 85.2 cm³/mol. The molecule has 0 amide bonds. The first-order valence-corrected chi connectivity index (χ1v) is 7.07. The molecule has 0 saturated heterocycles. The molecule has 0 aliphatic rings. The summed E-state index contributed by atoms with van der Waals surface area (Å²) in [7, 11) is 1.75. The van der Waals surface area contributed by atoms with Gasteiger partial charge in [0.15, 0.2) is 5.96 Å². The highest BCUT2D eigenvalue weighted by atomic mass is 16.5. The SMILES string of the molecule is C=CCNC(=NC)NCc1cccc(OCCCC)c1. The summed E-state index contributed by atoms with van der Waals surface area (Å²) in [6.45, 7) is 8.01. The van der Waals surface area contributed by atoms with Crippen LogP contribution in [0.1, 0.15) is 25.3 Å². The van der Waals surface area contributed by atoms with E-state index in [-0.39, 0.29) is 0 Å². The van der Waals surface area contributed by atoms with Crippen molar-refractivity contribution in [2.75, 3.05) is 20.2 Å². The average molecular weight is 275 g/mol. The zero-order valence-corrected chi connectivity index (χ0v) is 12.5. The second-order valence-corrected chi connectivity index (χ2v) is 4.44. The number of ether oxygens (including phenoxy) is 1. The van der Waals surface area contributed by atoms with E-state index in [0.29, 0.717) is 13.1 Å². The van der Waals surface area contributed by atoms with Crippen LogP contribution in [0.2, 0.25) is 0 Å². The van der Waals surface area contributed by atoms with Gasteiger partial charge in [-0.1, -0.05) is 31.6 Å². The summed E-state index contributed by atoms with van der Waals surface area (Å²) in [5.41, 5.74) is 1.17. The van der Waals surface area contributed by atoms with Gasteiger partial charge in [-0.15, -0.1) is 6.58 Å². The minimum atomic E-state index is 0.694. The minimum absolute atomic E-state index is 0.694. The standard InChI is InChI=1S/C16H25N3O/c1-4-6-11-20-15-9-7-8-14(12-15)13-19-16(17-3)18-10-5-2/h5,7-9,12H,2,4,6,10-11,13H2,1,3H3,(H2,17,18,19). The van der Waals surface area contributed by atoms with Gasteiger partial charge in [0.05, 0.1) is 6.61 Å². The quantitative estimate of drug-likeness (QED) is 0.332. The van der Waals surface area contributed by atoms with E-state index < -0.39 is 0 Å². The largest absolute Gasteiger partial charge is 0.494 e. The van der Waals surface area contributed by atoms with Crippen LogP contribution >= 0.6 is 0 Å². The number of unbranched alkanes of at least 4 members (excludes halogenated alkanes) is 1. The molecular formula is C16H25N3O. The summed E-state index contributed by atoms with van der Waals surface area (Å²) in [5.74, 6) is 1.69. The number of rotatable bonds is 8. The number of benzene rings is 1. The van der Waals surface area contributed by atoms with E-state index in [2.05, 4.69) is 41.3 Å². The van der Waals surface area contributed by atoms with E-state index in [0.717, 1.165) is 31.2 Å². The molecule has 0 spiro atoms. The van der Waals surface area contributed by atoms with Crippen LogP contribution < -0.4 is 15.4 Å². The topological polar surface area (TPSA) is 45.7 Å². The second-order valence-electron chi connectivity index (χ2n) is 4.44. The van der Waals surface area contributed by atoms with Gasteiger partial charge in [-0.05, 0) is 24.1 Å². The molecule has 1 aromatic carbocycles. The predicted octanol–water partition coefficient (Wildman–Crippen LogP) is 2.72. The van der Waals surface area contributed by atoms with Crippen molar-refractivity contribution < 1.29 is 4.74 Å². The van der Waals surface area contributed by atoms with Crippen LogP contribution in [0.4, 0.5) is 0 Å². The van der Waals surface area contributed by atoms with Crippen molar-refractivity contribution in [2.24, 2.45) is 4.99 Å². The van der Waals surface area contributed by atoms with E-state index >= 15 is 0 Å². The first-order chi connectivity index (χ1) is 9.80. The van der Waals surface area contributed by atoms with Crippen LogP contribution in [0.5, 0.6) is 5.75 Å². The lowest BCUT2D eigenvalue weighted by Gasteiger charge is -2.11. The Hall–Kier alpha value is -1.97. The Labute approximate surface area is 121 Å². The zero-order valence-electron chi connectivity index (χ0n) is 12.5. The number of hydrogen-bond donors (Lipinski definition) is 2. The van der Waals surface area contributed by atoms with Crippen LogP contribution in [0.3, 0.4) is 0 Å². The second kappa shape index (κ2) is 9.89. The third-order valence-corrected chi connectivity index (χ3v) is 2.76. The Morgan fingerprint density at radius 2 is 2.25 bits per heavy atom. The zero-order chi connectivity index (χ0) is 14.6. The monoisotopic (exact) mass is 275 g/mol. The molecule has 110 valence electrons. The van der Waals surface area contributed by atoms with Gasteiger partial charge in [-0.2, -0.15) is 0 Å². The molecule has 0 aliphatic carbocycles. The molecule has 0 atom stereocenters. The van der Waals surface area contributed by atoms with Gasteiger partial charge in [0.2, 0.25) is 0 Å². The van der Waals surface area contributed by atoms with E-state index in [4.69, 9.17) is 4.74 Å². The van der Waals surface area contributed by atoms with Gasteiger partial charge in [0.1, 0.15) is 5.75 Å². The van der Waals surface area contributed by atoms with Crippen LogP contribution in [0.15, 0.2) is 41.9 Å². The maximum Gasteiger partial charge on any atom is 0.191 e. The van der Waals surface area contributed by atoms with Gasteiger partial charge >= 0.3 is 0 Å². The highest BCUT2D eigenvalue weighted by Crippen LogP contribution is 2.13. The first-order valence-electron chi connectivity index (χ1n) is 7.07. The molecule has 0 radical (unpaired) electrons. The summed E-state index contributed by atoms with van der Waals surface area (Å²) < 4.78 is 5.70. The van der Waals surface area contributed by atoms with Crippen molar-refractivity contribution >= 4 is 5.96 Å². The molecule has 0 saturated carbocycles. The molecule has 4 nitrogen and oxygen atoms in total. The Morgan fingerprint density at radius 3 is 2.95 bits per heavy atom. The Balaban J connectivity index is 2.46. The van der Waals surface area contributed by atoms with Crippen molar-refractivity contribution in [3.63, 3.8) is 0 Å². The number of aliphatic imine (C=N–C) groups is 1. The van der Waals surface area contributed by atoms with Gasteiger partial charge in [0, 0.05) is 20.1 Å². The van der Waals surface area contributed by atoms with E-state index in [1.165, 1.54) is 5.56 Å². The maximum absolute atomic E-state index is 5.70. The molecule has 0 unspecified atom stereocenters. The Bertz CT molecular complexity index is 429. The van der Waals surface area contributed by atoms with Crippen LogP contribution in [0.25, 0.3) is 0 Å². The van der Waals surface area contributed by atoms with Gasteiger partial charge in [0.25, 0.3) is 0 Å². The van der Waals surface area contributed by atoms with Crippen molar-refractivity contribution in [3.8, 4) is 5.75 Å². The third-order valence-electron chi connectivity index (χ3n) is 2.76. The molecule has 2 N–H and O–H groups in total. The minimum Gasteiger partial charge on any atom is -0.494 e. The number of guanidine groups is 1. The Kier molecular flexibility index (Phi) is 7.96. The van der Waals surface area contributed by atoms with E-state index in [1.54, 1.807) is 13.1 Å². The maximum atomic E-state index is 5.70.